The summed E-state index contributed by atoms with van der Waals surface area (Å²) >= 11 is 2.20. The lowest BCUT2D eigenvalue weighted by molar-refractivity contribution is 0.151. The zero-order valence-electron chi connectivity index (χ0n) is 7.18. The van der Waals surface area contributed by atoms with Crippen LogP contribution in [0.2, 0.25) is 0 Å². The minimum atomic E-state index is -2.39. The molecule has 0 aliphatic carbocycles. The van der Waals surface area contributed by atoms with Gasteiger partial charge in [-0.2, -0.15) is 0 Å². The fourth-order valence-electron chi connectivity index (χ4n) is 1.40. The quantitative estimate of drug-likeness (QED) is 0.686. The summed E-state index contributed by atoms with van der Waals surface area (Å²) in [7, 11) is 0. The Labute approximate surface area is 94.1 Å². The summed E-state index contributed by atoms with van der Waals surface area (Å²) in [4.78, 5) is 0. The van der Waals surface area contributed by atoms with Gasteiger partial charge in [0, 0.05) is 9.13 Å². The van der Waals surface area contributed by atoms with E-state index in [1.54, 1.807) is 12.1 Å². The van der Waals surface area contributed by atoms with E-state index in [0.717, 1.165) is 14.3 Å². The highest BCUT2D eigenvalue weighted by Crippen LogP contribution is 2.26. The Hall–Kier alpha value is -0.710. The van der Waals surface area contributed by atoms with Crippen LogP contribution in [0.3, 0.4) is 0 Å². The van der Waals surface area contributed by atoms with Crippen molar-refractivity contribution in [3.05, 3.63) is 45.5 Å². The van der Waals surface area contributed by atoms with E-state index in [0.29, 0.717) is 0 Å². The molecule has 72 valence electrons. The van der Waals surface area contributed by atoms with Gasteiger partial charge in [0.1, 0.15) is 0 Å². The molecule has 0 heterocycles. The summed E-state index contributed by atoms with van der Waals surface area (Å²) in [6, 6.07) is 10.5. The Kier molecular flexibility index (Phi) is 2.67. The first-order valence-electron chi connectivity index (χ1n) is 4.15. The molecule has 0 aliphatic heterocycles. The molecule has 2 rings (SSSR count). The molecule has 0 N–H and O–H groups in total. The largest absolute Gasteiger partial charge is 0.263 e. The number of halogens is 3. The average molecular weight is 304 g/mol. The van der Waals surface area contributed by atoms with Crippen LogP contribution in [-0.4, -0.2) is 0 Å². The van der Waals surface area contributed by atoms with Gasteiger partial charge in [-0.15, -0.1) is 0 Å². The Morgan fingerprint density at radius 2 is 1.86 bits per heavy atom. The Balaban J connectivity index is 2.67. The predicted octanol–water partition coefficient (Wildman–Crippen LogP) is 4.38. The third-order valence-corrected chi connectivity index (χ3v) is 3.04. The number of fused-ring (bicyclic) bond motifs is 1. The van der Waals surface area contributed by atoms with Crippen LogP contribution in [0.1, 0.15) is 12.0 Å². The molecule has 0 fully saturated rings. The molecular weight excluding hydrogens is 297 g/mol. The summed E-state index contributed by atoms with van der Waals surface area (Å²) in [6.45, 7) is 0. The van der Waals surface area contributed by atoms with E-state index >= 15 is 0 Å². The molecule has 0 spiro atoms. The van der Waals surface area contributed by atoms with E-state index in [4.69, 9.17) is 0 Å². The van der Waals surface area contributed by atoms with Crippen molar-refractivity contribution in [3.63, 3.8) is 0 Å². The molecular formula is C11H7F2I. The molecule has 0 saturated heterocycles. The molecule has 0 nitrogen and oxygen atoms in total. The minimum Gasteiger partial charge on any atom is -0.205 e. The van der Waals surface area contributed by atoms with Gasteiger partial charge < -0.3 is 0 Å². The SMILES string of the molecule is FC(F)c1ccc2c(I)cccc2c1. The van der Waals surface area contributed by atoms with Crippen molar-refractivity contribution in [3.8, 4) is 0 Å². The molecule has 0 unspecified atom stereocenters. The van der Waals surface area contributed by atoms with E-state index in [-0.39, 0.29) is 5.56 Å². The van der Waals surface area contributed by atoms with Gasteiger partial charge in [-0.25, -0.2) is 8.78 Å². The van der Waals surface area contributed by atoms with Gasteiger partial charge in [0.15, 0.2) is 0 Å². The fraction of sp³-hybridized carbons (Fsp3) is 0.0909. The first-order valence-corrected chi connectivity index (χ1v) is 5.22. The molecule has 0 aliphatic rings. The molecule has 0 radical (unpaired) electrons. The smallest absolute Gasteiger partial charge is 0.205 e. The van der Waals surface area contributed by atoms with Crippen molar-refractivity contribution in [1.82, 2.24) is 0 Å². The van der Waals surface area contributed by atoms with Crippen LogP contribution in [0, 0.1) is 3.57 Å². The maximum Gasteiger partial charge on any atom is 0.263 e. The molecule has 0 saturated carbocycles. The second-order valence-electron chi connectivity index (χ2n) is 3.02. The van der Waals surface area contributed by atoms with Crippen LogP contribution in [0.15, 0.2) is 36.4 Å². The van der Waals surface area contributed by atoms with E-state index in [9.17, 15) is 8.78 Å². The summed E-state index contributed by atoms with van der Waals surface area (Å²) in [5.74, 6) is 0. The van der Waals surface area contributed by atoms with Crippen LogP contribution < -0.4 is 0 Å². The van der Waals surface area contributed by atoms with Gasteiger partial charge in [-0.05, 0) is 45.5 Å². The third-order valence-electron chi connectivity index (χ3n) is 2.10. The zero-order chi connectivity index (χ0) is 10.1. The van der Waals surface area contributed by atoms with Gasteiger partial charge in [0.2, 0.25) is 0 Å². The summed E-state index contributed by atoms with van der Waals surface area (Å²) in [5, 5.41) is 1.90. The zero-order valence-corrected chi connectivity index (χ0v) is 9.33. The average Bonchev–Trinajstić information content (AvgIpc) is 2.17. The highest BCUT2D eigenvalue weighted by molar-refractivity contribution is 14.1. The van der Waals surface area contributed by atoms with Gasteiger partial charge in [0.05, 0.1) is 0 Å². The molecule has 2 aromatic rings. The van der Waals surface area contributed by atoms with Gasteiger partial charge >= 0.3 is 0 Å². The van der Waals surface area contributed by atoms with Crippen LogP contribution in [0.5, 0.6) is 0 Å². The van der Waals surface area contributed by atoms with E-state index in [1.165, 1.54) is 6.07 Å². The first kappa shape index (κ1) is 9.83. The molecule has 0 amide bonds. The Morgan fingerprint density at radius 3 is 2.57 bits per heavy atom. The second-order valence-corrected chi connectivity index (χ2v) is 4.18. The number of benzene rings is 2. The van der Waals surface area contributed by atoms with Gasteiger partial charge in [-0.1, -0.05) is 24.3 Å². The van der Waals surface area contributed by atoms with Gasteiger partial charge in [0.25, 0.3) is 6.43 Å². The highest BCUT2D eigenvalue weighted by atomic mass is 127. The molecule has 2 aromatic carbocycles. The maximum absolute atomic E-state index is 12.4. The fourth-order valence-corrected chi connectivity index (χ4v) is 2.10. The molecule has 0 aromatic heterocycles. The van der Waals surface area contributed by atoms with Crippen LogP contribution in [0.4, 0.5) is 8.78 Å². The predicted molar refractivity (Wildman–Crippen MR) is 61.6 cm³/mol. The summed E-state index contributed by atoms with van der Waals surface area (Å²) in [5.41, 5.74) is 0.0829. The van der Waals surface area contributed by atoms with Gasteiger partial charge in [-0.3, -0.25) is 0 Å². The van der Waals surface area contributed by atoms with Crippen LogP contribution in [0.25, 0.3) is 10.8 Å². The molecule has 14 heavy (non-hydrogen) atoms. The normalized spacial score (nSPS) is 11.1. The van der Waals surface area contributed by atoms with Crippen molar-refractivity contribution in [2.24, 2.45) is 0 Å². The minimum absolute atomic E-state index is 0.0829. The first-order chi connectivity index (χ1) is 6.68. The third kappa shape index (κ3) is 1.73. The highest BCUT2D eigenvalue weighted by Gasteiger charge is 2.07. The summed E-state index contributed by atoms with van der Waals surface area (Å²) in [6.07, 6.45) is -2.39. The standard InChI is InChI=1S/C11H7F2I/c12-11(13)8-4-5-9-7(6-8)2-1-3-10(9)14/h1-6,11H. The van der Waals surface area contributed by atoms with Crippen molar-refractivity contribution in [2.45, 2.75) is 6.43 Å². The van der Waals surface area contributed by atoms with Crippen molar-refractivity contribution >= 4 is 33.4 Å². The maximum atomic E-state index is 12.4. The van der Waals surface area contributed by atoms with Crippen molar-refractivity contribution in [1.29, 1.82) is 0 Å². The molecule has 0 atom stereocenters. The van der Waals surface area contributed by atoms with Crippen LogP contribution in [-0.2, 0) is 0 Å². The van der Waals surface area contributed by atoms with Crippen molar-refractivity contribution < 1.29 is 8.78 Å². The van der Waals surface area contributed by atoms with E-state index < -0.39 is 6.43 Å². The van der Waals surface area contributed by atoms with Crippen LogP contribution >= 0.6 is 22.6 Å². The van der Waals surface area contributed by atoms with Crippen molar-refractivity contribution in [2.75, 3.05) is 0 Å². The molecule has 3 heteroatoms. The number of hydrogen-bond acceptors (Lipinski definition) is 0. The summed E-state index contributed by atoms with van der Waals surface area (Å²) < 4.78 is 25.9. The monoisotopic (exact) mass is 304 g/mol. The number of hydrogen-bond donors (Lipinski definition) is 0. The second kappa shape index (κ2) is 3.81. The Morgan fingerprint density at radius 1 is 1.07 bits per heavy atom. The Bertz CT molecular complexity index is 466. The number of alkyl halides is 2. The lowest BCUT2D eigenvalue weighted by Crippen LogP contribution is -1.85. The number of rotatable bonds is 1. The lowest BCUT2D eigenvalue weighted by atomic mass is 10.1. The van der Waals surface area contributed by atoms with E-state index in [1.807, 2.05) is 18.2 Å². The molecule has 0 bridgehead atoms. The topological polar surface area (TPSA) is 0 Å². The van der Waals surface area contributed by atoms with E-state index in [2.05, 4.69) is 22.6 Å². The lowest BCUT2D eigenvalue weighted by Gasteiger charge is -2.03.